The molecule has 0 amide bonds. The molecular weight excluding hydrogens is 390 g/mol. The molecule has 2 N–H and O–H groups in total. The van der Waals surface area contributed by atoms with Crippen molar-refractivity contribution in [2.75, 3.05) is 7.05 Å². The van der Waals surface area contributed by atoms with Gasteiger partial charge in [0.25, 0.3) is 0 Å². The fourth-order valence-electron chi connectivity index (χ4n) is 5.61. The lowest BCUT2D eigenvalue weighted by Gasteiger charge is -2.43. The van der Waals surface area contributed by atoms with Crippen LogP contribution in [0.5, 0.6) is 0 Å². The number of aryl methyl sites for hydroxylation is 3. The van der Waals surface area contributed by atoms with Crippen LogP contribution in [-0.2, 0) is 29.8 Å². The summed E-state index contributed by atoms with van der Waals surface area (Å²) in [4.78, 5) is 15.9. The SMILES string of the molecule is Cc1cncc(-c2ccc3c(c2)C2(N=C(N)N(C)O2)C2(CCc4noc(C)c4C2)C3)c1. The molecule has 0 saturated carbocycles. The summed E-state index contributed by atoms with van der Waals surface area (Å²) in [5, 5.41) is 5.88. The van der Waals surface area contributed by atoms with Crippen molar-refractivity contribution in [3.63, 3.8) is 0 Å². The first kappa shape index (κ1) is 18.6. The van der Waals surface area contributed by atoms with Crippen molar-refractivity contribution in [1.82, 2.24) is 15.2 Å². The predicted molar refractivity (Wildman–Crippen MR) is 116 cm³/mol. The molecule has 2 aromatic heterocycles. The average Bonchev–Trinajstić information content (AvgIpc) is 3.35. The Kier molecular flexibility index (Phi) is 3.69. The van der Waals surface area contributed by atoms with Crippen LogP contribution in [0.4, 0.5) is 0 Å². The molecule has 1 aliphatic heterocycles. The van der Waals surface area contributed by atoms with E-state index in [1.165, 1.54) is 11.1 Å². The summed E-state index contributed by atoms with van der Waals surface area (Å²) in [5.41, 5.74) is 13.1. The van der Waals surface area contributed by atoms with E-state index in [4.69, 9.17) is 20.1 Å². The zero-order valence-corrected chi connectivity index (χ0v) is 18.0. The summed E-state index contributed by atoms with van der Waals surface area (Å²) < 4.78 is 5.51. The number of nitrogens with zero attached hydrogens (tertiary/aromatic N) is 4. The number of pyridine rings is 1. The highest BCUT2D eigenvalue weighted by molar-refractivity contribution is 5.79. The van der Waals surface area contributed by atoms with Crippen LogP contribution in [0.1, 0.15) is 40.1 Å². The molecule has 31 heavy (non-hydrogen) atoms. The van der Waals surface area contributed by atoms with E-state index in [2.05, 4.69) is 41.3 Å². The van der Waals surface area contributed by atoms with E-state index < -0.39 is 5.72 Å². The first-order chi connectivity index (χ1) is 14.9. The molecule has 3 aromatic rings. The third-order valence-electron chi connectivity index (χ3n) is 7.22. The van der Waals surface area contributed by atoms with Crippen LogP contribution in [-0.4, -0.2) is 28.2 Å². The number of aromatic nitrogens is 2. The number of aliphatic imine (C=N–C) groups is 1. The summed E-state index contributed by atoms with van der Waals surface area (Å²) >= 11 is 0. The molecule has 7 heteroatoms. The molecular formula is C24H25N5O2. The highest BCUT2D eigenvalue weighted by Crippen LogP contribution is 2.61. The second-order valence-corrected chi connectivity index (χ2v) is 9.12. The van der Waals surface area contributed by atoms with Crippen molar-refractivity contribution < 1.29 is 9.36 Å². The molecule has 2 spiro atoms. The zero-order chi connectivity index (χ0) is 21.4. The minimum Gasteiger partial charge on any atom is -0.368 e. The van der Waals surface area contributed by atoms with Crippen molar-refractivity contribution in [3.8, 4) is 11.1 Å². The van der Waals surface area contributed by atoms with Crippen LogP contribution in [0, 0.1) is 19.3 Å². The van der Waals surface area contributed by atoms with Gasteiger partial charge in [0.05, 0.1) is 5.69 Å². The summed E-state index contributed by atoms with van der Waals surface area (Å²) in [6, 6.07) is 8.75. The Morgan fingerprint density at radius 2 is 1.97 bits per heavy atom. The van der Waals surface area contributed by atoms with Crippen LogP contribution < -0.4 is 5.73 Å². The molecule has 158 valence electrons. The molecule has 3 heterocycles. The lowest BCUT2D eigenvalue weighted by Crippen LogP contribution is -2.47. The normalized spacial score (nSPS) is 26.4. The number of guanidine groups is 1. The van der Waals surface area contributed by atoms with Crippen molar-refractivity contribution in [2.45, 2.75) is 45.3 Å². The maximum atomic E-state index is 6.53. The van der Waals surface area contributed by atoms with Gasteiger partial charge >= 0.3 is 0 Å². The number of fused-ring (bicyclic) bond motifs is 4. The van der Waals surface area contributed by atoms with Crippen molar-refractivity contribution in [2.24, 2.45) is 16.1 Å². The van der Waals surface area contributed by atoms with E-state index in [1.54, 1.807) is 5.06 Å². The number of nitrogens with two attached hydrogens (primary N) is 1. The minimum atomic E-state index is -0.851. The molecule has 0 radical (unpaired) electrons. The highest BCUT2D eigenvalue weighted by atomic mass is 16.7. The third kappa shape index (κ3) is 2.47. The van der Waals surface area contributed by atoms with Gasteiger partial charge in [-0.3, -0.25) is 4.98 Å². The van der Waals surface area contributed by atoms with Crippen LogP contribution in [0.15, 0.2) is 46.2 Å². The Labute approximate surface area is 180 Å². The largest absolute Gasteiger partial charge is 0.368 e. The standard InChI is InChI=1S/C24H25N5O2/c1-14-8-18(13-26-12-14)16-4-5-17-10-23(7-6-21-19(11-23)15(2)30-28-21)24(20(17)9-16)27-22(25)29(3)31-24/h4-5,8-9,12-13H,6-7,10-11H2,1-3H3,(H2,25,27). The monoisotopic (exact) mass is 415 g/mol. The average molecular weight is 415 g/mol. The van der Waals surface area contributed by atoms with Crippen LogP contribution >= 0.6 is 0 Å². The maximum absolute atomic E-state index is 6.53. The number of benzene rings is 1. The van der Waals surface area contributed by atoms with Crippen LogP contribution in [0.25, 0.3) is 11.1 Å². The fourth-order valence-corrected chi connectivity index (χ4v) is 5.61. The van der Waals surface area contributed by atoms with Crippen molar-refractivity contribution in [1.29, 1.82) is 0 Å². The van der Waals surface area contributed by atoms with Gasteiger partial charge in [0.15, 0.2) is 0 Å². The molecule has 2 atom stereocenters. The van der Waals surface area contributed by atoms with Crippen LogP contribution in [0.3, 0.4) is 0 Å². The molecule has 7 nitrogen and oxygen atoms in total. The van der Waals surface area contributed by atoms with Crippen molar-refractivity contribution in [3.05, 3.63) is 70.4 Å². The van der Waals surface area contributed by atoms with Crippen LogP contribution in [0.2, 0.25) is 0 Å². The maximum Gasteiger partial charge on any atom is 0.221 e. The Bertz CT molecular complexity index is 1250. The Hall–Kier alpha value is -3.19. The molecule has 0 bridgehead atoms. The molecule has 1 aromatic carbocycles. The summed E-state index contributed by atoms with van der Waals surface area (Å²) in [6.07, 6.45) is 7.21. The number of hydroxylamine groups is 2. The third-order valence-corrected chi connectivity index (χ3v) is 7.22. The van der Waals surface area contributed by atoms with E-state index >= 15 is 0 Å². The Morgan fingerprint density at radius 3 is 2.74 bits per heavy atom. The molecule has 2 unspecified atom stereocenters. The van der Waals surface area contributed by atoms with Gasteiger partial charge in [0, 0.05) is 41.5 Å². The molecule has 2 aliphatic carbocycles. The van der Waals surface area contributed by atoms with E-state index in [0.29, 0.717) is 5.96 Å². The van der Waals surface area contributed by atoms with Gasteiger partial charge in [-0.2, -0.15) is 0 Å². The second-order valence-electron chi connectivity index (χ2n) is 9.12. The molecule has 0 fully saturated rings. The lowest BCUT2D eigenvalue weighted by molar-refractivity contribution is -0.224. The van der Waals surface area contributed by atoms with E-state index in [-0.39, 0.29) is 5.41 Å². The van der Waals surface area contributed by atoms with Gasteiger partial charge in [0.1, 0.15) is 5.76 Å². The first-order valence-electron chi connectivity index (χ1n) is 10.7. The van der Waals surface area contributed by atoms with Gasteiger partial charge in [-0.25, -0.2) is 14.9 Å². The van der Waals surface area contributed by atoms with Crippen molar-refractivity contribution >= 4 is 5.96 Å². The van der Waals surface area contributed by atoms with Gasteiger partial charge in [-0.05, 0) is 68.4 Å². The number of hydrogen-bond acceptors (Lipinski definition) is 7. The van der Waals surface area contributed by atoms with Gasteiger partial charge < -0.3 is 10.3 Å². The number of hydrogen-bond donors (Lipinski definition) is 1. The summed E-state index contributed by atoms with van der Waals surface area (Å²) in [6.45, 7) is 4.04. The number of rotatable bonds is 1. The van der Waals surface area contributed by atoms with E-state index in [0.717, 1.165) is 59.4 Å². The highest BCUT2D eigenvalue weighted by Gasteiger charge is 2.63. The zero-order valence-electron chi connectivity index (χ0n) is 18.0. The first-order valence-corrected chi connectivity index (χ1v) is 10.7. The molecule has 0 saturated heterocycles. The Balaban J connectivity index is 1.53. The topological polar surface area (TPSA) is 89.8 Å². The summed E-state index contributed by atoms with van der Waals surface area (Å²) in [7, 11) is 1.83. The van der Waals surface area contributed by atoms with Gasteiger partial charge in [-0.15, -0.1) is 0 Å². The smallest absolute Gasteiger partial charge is 0.221 e. The molecule has 6 rings (SSSR count). The van der Waals surface area contributed by atoms with Gasteiger partial charge in [0.2, 0.25) is 11.7 Å². The predicted octanol–water partition coefficient (Wildman–Crippen LogP) is 3.43. The van der Waals surface area contributed by atoms with E-state index in [1.807, 2.05) is 26.4 Å². The van der Waals surface area contributed by atoms with E-state index in [9.17, 15) is 0 Å². The summed E-state index contributed by atoms with van der Waals surface area (Å²) in [5.74, 6) is 1.29. The second kappa shape index (κ2) is 6.17. The van der Waals surface area contributed by atoms with Gasteiger partial charge in [-0.1, -0.05) is 17.3 Å². The quantitative estimate of drug-likeness (QED) is 0.655. The fraction of sp³-hybridized carbons (Fsp3) is 0.375. The molecule has 3 aliphatic rings. The lowest BCUT2D eigenvalue weighted by atomic mass is 9.66. The minimum absolute atomic E-state index is 0.239. The Morgan fingerprint density at radius 1 is 1.10 bits per heavy atom.